The minimum Gasteiger partial charge on any atom is -0.462 e. The minimum absolute atomic E-state index is 0.362. The van der Waals surface area contributed by atoms with Crippen LogP contribution >= 0.6 is 31.9 Å². The molecule has 0 aliphatic heterocycles. The Morgan fingerprint density at radius 1 is 1.54 bits per heavy atom. The second-order valence-corrected chi connectivity index (χ2v) is 3.76. The zero-order valence-electron chi connectivity index (χ0n) is 6.88. The third kappa shape index (κ3) is 2.77. The number of carbonyl (C=O) groups is 1. The molecule has 1 aromatic rings. The highest BCUT2D eigenvalue weighted by Crippen LogP contribution is 2.18. The quantitative estimate of drug-likeness (QED) is 0.623. The zero-order chi connectivity index (χ0) is 9.84. The lowest BCUT2D eigenvalue weighted by molar-refractivity contribution is 0.0524. The molecule has 0 radical (unpaired) electrons. The first-order valence-electron chi connectivity index (χ1n) is 3.64. The van der Waals surface area contributed by atoms with Crippen molar-refractivity contribution in [2.75, 3.05) is 6.61 Å². The van der Waals surface area contributed by atoms with Gasteiger partial charge in [-0.1, -0.05) is 0 Å². The Bertz CT molecular complexity index is 328. The SMILES string of the molecule is CCOC(=O)c1ccc(Br)nc1Br. The Hall–Kier alpha value is -0.420. The normalized spacial score (nSPS) is 9.77. The summed E-state index contributed by atoms with van der Waals surface area (Å²) in [5, 5.41) is 0. The Labute approximate surface area is 92.8 Å². The maximum Gasteiger partial charge on any atom is 0.340 e. The number of hydrogen-bond acceptors (Lipinski definition) is 3. The minimum atomic E-state index is -0.366. The Kier molecular flexibility index (Phi) is 3.87. The van der Waals surface area contributed by atoms with Crippen molar-refractivity contribution in [2.45, 2.75) is 6.92 Å². The smallest absolute Gasteiger partial charge is 0.340 e. The third-order valence-corrected chi connectivity index (χ3v) is 2.36. The first kappa shape index (κ1) is 10.7. The van der Waals surface area contributed by atoms with Gasteiger partial charge in [0.15, 0.2) is 0 Å². The molecule has 0 spiro atoms. The van der Waals surface area contributed by atoms with E-state index in [-0.39, 0.29) is 5.97 Å². The van der Waals surface area contributed by atoms with Crippen LogP contribution in [-0.2, 0) is 4.74 Å². The van der Waals surface area contributed by atoms with Crippen LogP contribution in [0.25, 0.3) is 0 Å². The fraction of sp³-hybridized carbons (Fsp3) is 0.250. The number of halogens is 2. The number of aromatic nitrogens is 1. The molecule has 0 aromatic carbocycles. The average molecular weight is 309 g/mol. The van der Waals surface area contributed by atoms with Gasteiger partial charge in [-0.15, -0.1) is 0 Å². The number of carbonyl (C=O) groups excluding carboxylic acids is 1. The van der Waals surface area contributed by atoms with E-state index in [1.165, 1.54) is 0 Å². The average Bonchev–Trinajstić information content (AvgIpc) is 2.04. The van der Waals surface area contributed by atoms with Crippen LogP contribution in [-0.4, -0.2) is 17.6 Å². The molecule has 1 rings (SSSR count). The van der Waals surface area contributed by atoms with E-state index in [0.717, 1.165) is 0 Å². The molecular weight excluding hydrogens is 302 g/mol. The van der Waals surface area contributed by atoms with Gasteiger partial charge in [-0.2, -0.15) is 0 Å². The molecule has 0 atom stereocenters. The van der Waals surface area contributed by atoms with E-state index in [1.807, 2.05) is 0 Å². The summed E-state index contributed by atoms with van der Waals surface area (Å²) in [6.45, 7) is 2.12. The van der Waals surface area contributed by atoms with Gasteiger partial charge >= 0.3 is 5.97 Å². The molecule has 0 saturated heterocycles. The van der Waals surface area contributed by atoms with Gasteiger partial charge in [-0.25, -0.2) is 9.78 Å². The highest BCUT2D eigenvalue weighted by atomic mass is 79.9. The van der Waals surface area contributed by atoms with E-state index in [1.54, 1.807) is 19.1 Å². The highest BCUT2D eigenvalue weighted by molar-refractivity contribution is 9.11. The van der Waals surface area contributed by atoms with Crippen molar-refractivity contribution in [2.24, 2.45) is 0 Å². The maximum absolute atomic E-state index is 11.3. The van der Waals surface area contributed by atoms with Gasteiger partial charge in [0.25, 0.3) is 0 Å². The topological polar surface area (TPSA) is 39.2 Å². The molecule has 1 aromatic heterocycles. The summed E-state index contributed by atoms with van der Waals surface area (Å²) in [5.41, 5.74) is 0.435. The second-order valence-electron chi connectivity index (χ2n) is 2.19. The Morgan fingerprint density at radius 3 is 2.77 bits per heavy atom. The van der Waals surface area contributed by atoms with Crippen LogP contribution < -0.4 is 0 Å². The molecule has 70 valence electrons. The maximum atomic E-state index is 11.3. The van der Waals surface area contributed by atoms with Gasteiger partial charge in [0, 0.05) is 0 Å². The molecule has 0 amide bonds. The molecule has 5 heteroatoms. The molecule has 1 heterocycles. The summed E-state index contributed by atoms with van der Waals surface area (Å²) in [4.78, 5) is 15.3. The zero-order valence-corrected chi connectivity index (χ0v) is 10.1. The summed E-state index contributed by atoms with van der Waals surface area (Å²) in [6, 6.07) is 3.34. The Morgan fingerprint density at radius 2 is 2.23 bits per heavy atom. The van der Waals surface area contributed by atoms with Crippen LogP contribution in [0.3, 0.4) is 0 Å². The monoisotopic (exact) mass is 307 g/mol. The number of esters is 1. The van der Waals surface area contributed by atoms with Crippen LogP contribution in [0.5, 0.6) is 0 Å². The molecule has 0 aliphatic carbocycles. The summed E-state index contributed by atoms with van der Waals surface area (Å²) in [7, 11) is 0. The third-order valence-electron chi connectivity index (χ3n) is 1.31. The van der Waals surface area contributed by atoms with E-state index >= 15 is 0 Å². The van der Waals surface area contributed by atoms with Crippen LogP contribution in [0, 0.1) is 0 Å². The molecule has 0 fully saturated rings. The summed E-state index contributed by atoms with van der Waals surface area (Å²) in [6.07, 6.45) is 0. The molecule has 0 unspecified atom stereocenters. The number of nitrogens with zero attached hydrogens (tertiary/aromatic N) is 1. The fourth-order valence-electron chi connectivity index (χ4n) is 0.773. The lowest BCUT2D eigenvalue weighted by Crippen LogP contribution is -2.06. The van der Waals surface area contributed by atoms with Gasteiger partial charge in [-0.3, -0.25) is 0 Å². The van der Waals surface area contributed by atoms with Crippen LogP contribution in [0.1, 0.15) is 17.3 Å². The largest absolute Gasteiger partial charge is 0.462 e. The van der Waals surface area contributed by atoms with Crippen LogP contribution in [0.2, 0.25) is 0 Å². The number of pyridine rings is 1. The van der Waals surface area contributed by atoms with E-state index in [2.05, 4.69) is 36.8 Å². The van der Waals surface area contributed by atoms with E-state index in [9.17, 15) is 4.79 Å². The predicted octanol–water partition coefficient (Wildman–Crippen LogP) is 2.78. The first-order chi connectivity index (χ1) is 6.15. The van der Waals surface area contributed by atoms with E-state index in [4.69, 9.17) is 4.74 Å². The van der Waals surface area contributed by atoms with E-state index < -0.39 is 0 Å². The van der Waals surface area contributed by atoms with Gasteiger partial charge in [0.1, 0.15) is 9.21 Å². The van der Waals surface area contributed by atoms with Crippen molar-refractivity contribution in [3.05, 3.63) is 26.9 Å². The molecule has 3 nitrogen and oxygen atoms in total. The van der Waals surface area contributed by atoms with Crippen LogP contribution in [0.15, 0.2) is 21.3 Å². The molecule has 0 bridgehead atoms. The number of hydrogen-bond donors (Lipinski definition) is 0. The molecule has 0 aliphatic rings. The first-order valence-corrected chi connectivity index (χ1v) is 5.23. The molecule has 13 heavy (non-hydrogen) atoms. The van der Waals surface area contributed by atoms with Crippen molar-refractivity contribution in [1.29, 1.82) is 0 Å². The molecular formula is C8H7Br2NO2. The van der Waals surface area contributed by atoms with Crippen molar-refractivity contribution in [1.82, 2.24) is 4.98 Å². The standard InChI is InChI=1S/C8H7Br2NO2/c1-2-13-8(12)5-3-4-6(9)11-7(5)10/h3-4H,2H2,1H3. The van der Waals surface area contributed by atoms with Crippen molar-refractivity contribution in [3.63, 3.8) is 0 Å². The van der Waals surface area contributed by atoms with Crippen molar-refractivity contribution < 1.29 is 9.53 Å². The van der Waals surface area contributed by atoms with Crippen LogP contribution in [0.4, 0.5) is 0 Å². The highest BCUT2D eigenvalue weighted by Gasteiger charge is 2.11. The Balaban J connectivity index is 2.95. The second kappa shape index (κ2) is 4.72. The van der Waals surface area contributed by atoms with Crippen molar-refractivity contribution >= 4 is 37.8 Å². The summed E-state index contributed by atoms with van der Waals surface area (Å²) in [5.74, 6) is -0.366. The fourth-order valence-corrected chi connectivity index (χ4v) is 1.81. The molecule has 0 saturated carbocycles. The van der Waals surface area contributed by atoms with Gasteiger partial charge < -0.3 is 4.74 Å². The van der Waals surface area contributed by atoms with Gasteiger partial charge in [-0.05, 0) is 50.9 Å². The van der Waals surface area contributed by atoms with Gasteiger partial charge in [0.05, 0.1) is 12.2 Å². The number of rotatable bonds is 2. The lowest BCUT2D eigenvalue weighted by Gasteiger charge is -2.02. The molecule has 0 N–H and O–H groups in total. The summed E-state index contributed by atoms with van der Waals surface area (Å²) >= 11 is 6.37. The lowest BCUT2D eigenvalue weighted by atomic mass is 10.3. The van der Waals surface area contributed by atoms with Gasteiger partial charge in [0.2, 0.25) is 0 Å². The summed E-state index contributed by atoms with van der Waals surface area (Å²) < 4.78 is 5.98. The number of ether oxygens (including phenoxy) is 1. The van der Waals surface area contributed by atoms with E-state index in [0.29, 0.717) is 21.4 Å². The predicted molar refractivity (Wildman–Crippen MR) is 55.6 cm³/mol. The van der Waals surface area contributed by atoms with Crippen molar-refractivity contribution in [3.8, 4) is 0 Å².